The van der Waals surface area contributed by atoms with Crippen molar-refractivity contribution in [3.8, 4) is 22.8 Å². The number of carbonyl (C=O) groups excluding carboxylic acids is 1. The van der Waals surface area contributed by atoms with Gasteiger partial charge >= 0.3 is 0 Å². The summed E-state index contributed by atoms with van der Waals surface area (Å²) in [5, 5.41) is 24.3. The summed E-state index contributed by atoms with van der Waals surface area (Å²) in [6.45, 7) is 3.78. The molecule has 0 atom stereocenters. The van der Waals surface area contributed by atoms with Crippen molar-refractivity contribution < 1.29 is 9.42 Å². The van der Waals surface area contributed by atoms with Gasteiger partial charge in [0.15, 0.2) is 5.69 Å². The van der Waals surface area contributed by atoms with Gasteiger partial charge in [-0.2, -0.15) is 14.9 Å². The highest BCUT2D eigenvalue weighted by Gasteiger charge is 2.25. The topological polar surface area (TPSA) is 155 Å². The summed E-state index contributed by atoms with van der Waals surface area (Å²) in [7, 11) is 0. The molecule has 0 unspecified atom stereocenters. The molecule has 5 aromatic rings. The quantitative estimate of drug-likeness (QED) is 0.265. The number of para-hydroxylation sites is 1. The first-order valence-corrected chi connectivity index (χ1v) is 11.1. The fourth-order valence-corrected chi connectivity index (χ4v) is 3.69. The lowest BCUT2D eigenvalue weighted by Gasteiger charge is -2.08. The molecule has 0 aliphatic rings. The fourth-order valence-electron chi connectivity index (χ4n) is 3.69. The molecule has 3 heterocycles. The molecule has 2 aromatic carbocycles. The molecule has 0 spiro atoms. The molecule has 3 aromatic heterocycles. The van der Waals surface area contributed by atoms with E-state index in [4.69, 9.17) is 10.8 Å². The lowest BCUT2D eigenvalue weighted by molar-refractivity contribution is 0.0948. The number of nitrogen functional groups attached to an aromatic ring is 1. The minimum absolute atomic E-state index is 0.0376. The molecule has 0 fully saturated rings. The van der Waals surface area contributed by atoms with Crippen LogP contribution in [-0.4, -0.2) is 47.2 Å². The van der Waals surface area contributed by atoms with E-state index in [1.807, 2.05) is 80.7 Å². The predicted molar refractivity (Wildman–Crippen MR) is 132 cm³/mol. The van der Waals surface area contributed by atoms with E-state index in [9.17, 15) is 4.79 Å². The Bertz CT molecular complexity index is 1520. The van der Waals surface area contributed by atoms with Crippen LogP contribution >= 0.6 is 0 Å². The van der Waals surface area contributed by atoms with Crippen LogP contribution < -0.4 is 11.2 Å². The van der Waals surface area contributed by atoms with Crippen molar-refractivity contribution in [3.05, 3.63) is 83.8 Å². The first kappa shape index (κ1) is 22.7. The molecule has 5 rings (SSSR count). The van der Waals surface area contributed by atoms with Crippen LogP contribution in [-0.2, 0) is 0 Å². The summed E-state index contributed by atoms with van der Waals surface area (Å²) in [4.78, 5) is 13.0. The maximum Gasteiger partial charge on any atom is 0.293 e. The number of nitrogens with zero attached hydrogens (tertiary/aromatic N) is 8. The van der Waals surface area contributed by atoms with Crippen molar-refractivity contribution in [2.24, 2.45) is 5.10 Å². The number of hydrogen-bond acceptors (Lipinski definition) is 9. The van der Waals surface area contributed by atoms with Crippen LogP contribution in [0.5, 0.6) is 0 Å². The van der Waals surface area contributed by atoms with Gasteiger partial charge in [-0.25, -0.2) is 14.7 Å². The summed E-state index contributed by atoms with van der Waals surface area (Å²) in [5.74, 6) is -0.465. The second kappa shape index (κ2) is 9.62. The van der Waals surface area contributed by atoms with Gasteiger partial charge in [0.25, 0.3) is 5.91 Å². The minimum Gasteiger partial charge on any atom is -0.378 e. The highest BCUT2D eigenvalue weighted by Crippen LogP contribution is 2.24. The maximum atomic E-state index is 13.0. The van der Waals surface area contributed by atoms with Crippen molar-refractivity contribution in [1.82, 2.24) is 40.5 Å². The Morgan fingerprint density at radius 2 is 1.81 bits per heavy atom. The fraction of sp³-hybridized carbons (Fsp3) is 0.125. The van der Waals surface area contributed by atoms with Crippen LogP contribution in [0, 0.1) is 0 Å². The van der Waals surface area contributed by atoms with E-state index in [2.05, 4.69) is 35.8 Å². The monoisotopic (exact) mass is 482 g/mol. The molecule has 0 saturated carbocycles. The maximum absolute atomic E-state index is 13.0. The van der Waals surface area contributed by atoms with Crippen LogP contribution in [0.25, 0.3) is 22.8 Å². The number of aromatic nitrogens is 7. The Morgan fingerprint density at radius 1 is 1.08 bits per heavy atom. The number of anilines is 1. The zero-order chi connectivity index (χ0) is 25.1. The van der Waals surface area contributed by atoms with Crippen LogP contribution in [0.4, 0.5) is 5.82 Å². The summed E-state index contributed by atoms with van der Waals surface area (Å²) in [6, 6.07) is 19.5. The smallest absolute Gasteiger partial charge is 0.293 e. The Balaban J connectivity index is 1.43. The first-order valence-electron chi connectivity index (χ1n) is 11.1. The SMILES string of the molecule is CC(C)c1c(C(=O)NN=Cc2cn(-c3ccccc3)nc2-c2ccccc2)nnn1-c1nonc1N. The summed E-state index contributed by atoms with van der Waals surface area (Å²) in [6.07, 6.45) is 3.40. The van der Waals surface area contributed by atoms with Gasteiger partial charge in [-0.05, 0) is 28.4 Å². The zero-order valence-corrected chi connectivity index (χ0v) is 19.5. The number of nitrogens with two attached hydrogens (primary N) is 1. The van der Waals surface area contributed by atoms with Crippen LogP contribution in [0.1, 0.15) is 41.5 Å². The normalized spacial score (nSPS) is 11.4. The number of hydrogen-bond donors (Lipinski definition) is 2. The van der Waals surface area contributed by atoms with E-state index >= 15 is 0 Å². The number of hydrazone groups is 1. The largest absolute Gasteiger partial charge is 0.378 e. The van der Waals surface area contributed by atoms with Gasteiger partial charge in [0, 0.05) is 17.3 Å². The number of amides is 1. The molecule has 12 nitrogen and oxygen atoms in total. The molecule has 0 bridgehead atoms. The van der Waals surface area contributed by atoms with Crippen molar-refractivity contribution in [2.75, 3.05) is 5.73 Å². The predicted octanol–water partition coefficient (Wildman–Crippen LogP) is 2.97. The van der Waals surface area contributed by atoms with Gasteiger partial charge in [-0.15, -0.1) is 5.10 Å². The van der Waals surface area contributed by atoms with Gasteiger partial charge in [-0.3, -0.25) is 4.79 Å². The van der Waals surface area contributed by atoms with Gasteiger partial charge in [-0.1, -0.05) is 67.6 Å². The number of nitrogens with one attached hydrogen (secondary N) is 1. The lowest BCUT2D eigenvalue weighted by atomic mass is 10.1. The van der Waals surface area contributed by atoms with Gasteiger partial charge in [0.2, 0.25) is 11.6 Å². The van der Waals surface area contributed by atoms with E-state index < -0.39 is 5.91 Å². The molecule has 0 aliphatic heterocycles. The van der Waals surface area contributed by atoms with Crippen molar-refractivity contribution in [1.29, 1.82) is 0 Å². The summed E-state index contributed by atoms with van der Waals surface area (Å²) < 4.78 is 7.76. The van der Waals surface area contributed by atoms with Crippen LogP contribution in [0.3, 0.4) is 0 Å². The minimum atomic E-state index is -0.534. The number of carbonyl (C=O) groups is 1. The average Bonchev–Trinajstić information content (AvgIpc) is 3.63. The van der Waals surface area contributed by atoms with E-state index in [0.29, 0.717) is 5.69 Å². The third-order valence-electron chi connectivity index (χ3n) is 5.34. The van der Waals surface area contributed by atoms with Gasteiger partial charge in [0.05, 0.1) is 17.6 Å². The third-order valence-corrected chi connectivity index (χ3v) is 5.34. The van der Waals surface area contributed by atoms with E-state index in [-0.39, 0.29) is 23.2 Å². The van der Waals surface area contributed by atoms with Gasteiger partial charge in [0.1, 0.15) is 5.69 Å². The van der Waals surface area contributed by atoms with Gasteiger partial charge < -0.3 is 5.73 Å². The van der Waals surface area contributed by atoms with Crippen LogP contribution in [0.15, 0.2) is 76.6 Å². The Labute approximate surface area is 205 Å². The zero-order valence-electron chi connectivity index (χ0n) is 19.5. The molecule has 180 valence electrons. The highest BCUT2D eigenvalue weighted by molar-refractivity contribution is 5.95. The number of rotatable bonds is 7. The van der Waals surface area contributed by atoms with E-state index in [1.165, 1.54) is 4.68 Å². The van der Waals surface area contributed by atoms with Crippen molar-refractivity contribution >= 4 is 17.9 Å². The molecule has 1 amide bonds. The van der Waals surface area contributed by atoms with Crippen molar-refractivity contribution in [3.63, 3.8) is 0 Å². The van der Waals surface area contributed by atoms with E-state index in [0.717, 1.165) is 22.5 Å². The first-order chi connectivity index (χ1) is 17.5. The lowest BCUT2D eigenvalue weighted by Crippen LogP contribution is -2.21. The third kappa shape index (κ3) is 4.34. The molecular weight excluding hydrogens is 460 g/mol. The molecular formula is C24H22N10O2. The molecule has 0 aliphatic carbocycles. The molecule has 0 radical (unpaired) electrons. The standard InChI is InChI=1S/C24H22N10O2/c1-15(2)21-20(27-32-34(21)23-22(25)30-36-31-23)24(35)28-26-13-17-14-33(18-11-7-4-8-12-18)29-19(17)16-9-5-3-6-10-16/h3-15H,1-2H3,(H2,25,30)(H,28,35). The molecule has 36 heavy (non-hydrogen) atoms. The number of benzene rings is 2. The average molecular weight is 483 g/mol. The Morgan fingerprint density at radius 3 is 2.47 bits per heavy atom. The second-order valence-corrected chi connectivity index (χ2v) is 8.14. The van der Waals surface area contributed by atoms with Crippen molar-refractivity contribution in [2.45, 2.75) is 19.8 Å². The molecule has 12 heteroatoms. The van der Waals surface area contributed by atoms with E-state index in [1.54, 1.807) is 10.9 Å². The second-order valence-electron chi connectivity index (χ2n) is 8.14. The Kier molecular flexibility index (Phi) is 6.05. The summed E-state index contributed by atoms with van der Waals surface area (Å²) in [5.41, 5.74) is 12.2. The summed E-state index contributed by atoms with van der Waals surface area (Å²) >= 11 is 0. The van der Waals surface area contributed by atoms with Crippen LogP contribution in [0.2, 0.25) is 0 Å². The Hall–Kier alpha value is -5.13. The molecule has 3 N–H and O–H groups in total. The highest BCUT2D eigenvalue weighted by atomic mass is 16.6. The molecule has 0 saturated heterocycles.